The molecule has 0 amide bonds. The molecule has 5 heteroatoms. The molecule has 0 bridgehead atoms. The number of nitrogens with zero attached hydrogens (tertiary/aromatic N) is 1. The van der Waals surface area contributed by atoms with Crippen molar-refractivity contribution in [3.63, 3.8) is 0 Å². The van der Waals surface area contributed by atoms with E-state index in [9.17, 15) is 0 Å². The summed E-state index contributed by atoms with van der Waals surface area (Å²) in [6.07, 6.45) is 7.77. The van der Waals surface area contributed by atoms with Crippen LogP contribution in [0.5, 0.6) is 0 Å². The molecule has 0 fully saturated rings. The zero-order valence-corrected chi connectivity index (χ0v) is 15.3. The van der Waals surface area contributed by atoms with Gasteiger partial charge in [-0.1, -0.05) is 19.1 Å². The van der Waals surface area contributed by atoms with Crippen LogP contribution >= 0.6 is 35.3 Å². The fraction of sp³-hybridized carbons (Fsp3) is 0.533. The zero-order chi connectivity index (χ0) is 13.5. The highest BCUT2D eigenvalue weighted by Crippen LogP contribution is 2.17. The third kappa shape index (κ3) is 5.44. The normalized spacial score (nSPS) is 15.2. The number of rotatable bonds is 5. The van der Waals surface area contributed by atoms with Crippen LogP contribution in [0.2, 0.25) is 0 Å². The Kier molecular flexibility index (Phi) is 8.21. The second-order valence-corrected chi connectivity index (χ2v) is 5.95. The lowest BCUT2D eigenvalue weighted by Crippen LogP contribution is -2.42. The van der Waals surface area contributed by atoms with Crippen LogP contribution in [0, 0.1) is 0 Å². The Labute approximate surface area is 143 Å². The van der Waals surface area contributed by atoms with Gasteiger partial charge in [0.1, 0.15) is 0 Å². The maximum Gasteiger partial charge on any atom is 0.191 e. The average molecular weight is 405 g/mol. The molecule has 3 nitrogen and oxygen atoms in total. The smallest absolute Gasteiger partial charge is 0.191 e. The molecule has 2 rings (SSSR count). The summed E-state index contributed by atoms with van der Waals surface area (Å²) in [6.45, 7) is 5.96. The van der Waals surface area contributed by atoms with Gasteiger partial charge in [0.25, 0.3) is 0 Å². The third-order valence-corrected chi connectivity index (χ3v) is 4.37. The maximum absolute atomic E-state index is 4.67. The van der Waals surface area contributed by atoms with Gasteiger partial charge in [0, 0.05) is 22.3 Å². The van der Waals surface area contributed by atoms with E-state index in [2.05, 4.69) is 53.8 Å². The Bertz CT molecular complexity index is 446. The van der Waals surface area contributed by atoms with Crippen LogP contribution in [0.4, 0.5) is 0 Å². The molecule has 20 heavy (non-hydrogen) atoms. The fourth-order valence-corrected chi connectivity index (χ4v) is 2.99. The predicted molar refractivity (Wildman–Crippen MR) is 99.2 cm³/mol. The third-order valence-electron chi connectivity index (χ3n) is 3.15. The van der Waals surface area contributed by atoms with Crippen LogP contribution in [0.15, 0.2) is 29.3 Å². The Hall–Kier alpha value is -0.560. The number of hydrogen-bond acceptors (Lipinski definition) is 2. The number of aliphatic imine (C=N–C) groups is 1. The van der Waals surface area contributed by atoms with Crippen LogP contribution in [-0.4, -0.2) is 18.5 Å². The van der Waals surface area contributed by atoms with Crippen molar-refractivity contribution < 1.29 is 0 Å². The van der Waals surface area contributed by atoms with E-state index in [0.29, 0.717) is 6.04 Å². The van der Waals surface area contributed by atoms with E-state index in [1.807, 2.05) is 11.3 Å². The summed E-state index contributed by atoms with van der Waals surface area (Å²) in [6, 6.07) is 4.90. The first-order valence-electron chi connectivity index (χ1n) is 7.09. The molecular weight excluding hydrogens is 381 g/mol. The first-order chi connectivity index (χ1) is 9.31. The first kappa shape index (κ1) is 17.5. The lowest BCUT2D eigenvalue weighted by Gasteiger charge is -2.16. The van der Waals surface area contributed by atoms with Crippen molar-refractivity contribution >= 4 is 41.3 Å². The summed E-state index contributed by atoms with van der Waals surface area (Å²) in [5, 5.41) is 6.81. The fourth-order valence-electron chi connectivity index (χ4n) is 2.10. The minimum absolute atomic E-state index is 0. The average Bonchev–Trinajstić information content (AvgIpc) is 3.07. The zero-order valence-electron chi connectivity index (χ0n) is 12.2. The summed E-state index contributed by atoms with van der Waals surface area (Å²) >= 11 is 1.86. The first-order valence-corrected chi connectivity index (χ1v) is 7.91. The molecule has 0 radical (unpaired) electrons. The van der Waals surface area contributed by atoms with Crippen LogP contribution in [0.3, 0.4) is 0 Å². The molecule has 0 unspecified atom stereocenters. The van der Waals surface area contributed by atoms with E-state index in [1.165, 1.54) is 9.75 Å². The molecular formula is C15H24IN3S. The minimum atomic E-state index is 0. The SMILES string of the molecule is CCNC(=NCc1ccc(CC)s1)NC1CC=CC1.I. The highest BCUT2D eigenvalue weighted by Gasteiger charge is 2.11. The van der Waals surface area contributed by atoms with Crippen molar-refractivity contribution in [2.75, 3.05) is 6.54 Å². The van der Waals surface area contributed by atoms with Gasteiger partial charge in [-0.15, -0.1) is 35.3 Å². The predicted octanol–water partition coefficient (Wildman–Crippen LogP) is 3.70. The lowest BCUT2D eigenvalue weighted by molar-refractivity contribution is 0.633. The van der Waals surface area contributed by atoms with E-state index in [-0.39, 0.29) is 24.0 Å². The van der Waals surface area contributed by atoms with Gasteiger partial charge >= 0.3 is 0 Å². The summed E-state index contributed by atoms with van der Waals surface area (Å²) in [5.74, 6) is 0.933. The highest BCUT2D eigenvalue weighted by atomic mass is 127. The molecule has 0 atom stereocenters. The van der Waals surface area contributed by atoms with Crippen LogP contribution in [-0.2, 0) is 13.0 Å². The van der Waals surface area contributed by atoms with Crippen molar-refractivity contribution in [3.8, 4) is 0 Å². The lowest BCUT2D eigenvalue weighted by atomic mass is 10.2. The Balaban J connectivity index is 0.00000200. The molecule has 1 aromatic heterocycles. The van der Waals surface area contributed by atoms with E-state index in [4.69, 9.17) is 0 Å². The quantitative estimate of drug-likeness (QED) is 0.339. The summed E-state index contributed by atoms with van der Waals surface area (Å²) in [5.41, 5.74) is 0. The van der Waals surface area contributed by atoms with Gasteiger partial charge in [0.05, 0.1) is 6.54 Å². The molecule has 0 saturated heterocycles. The van der Waals surface area contributed by atoms with Gasteiger partial charge in [0.15, 0.2) is 5.96 Å². The van der Waals surface area contributed by atoms with Gasteiger partial charge in [-0.2, -0.15) is 0 Å². The van der Waals surface area contributed by atoms with E-state index < -0.39 is 0 Å². The molecule has 2 N–H and O–H groups in total. The van der Waals surface area contributed by atoms with E-state index in [1.54, 1.807) is 0 Å². The highest BCUT2D eigenvalue weighted by molar-refractivity contribution is 14.0. The van der Waals surface area contributed by atoms with Gasteiger partial charge < -0.3 is 10.6 Å². The van der Waals surface area contributed by atoms with Gasteiger partial charge in [-0.05, 0) is 38.3 Å². The number of nitrogens with one attached hydrogen (secondary N) is 2. The molecule has 0 aliphatic heterocycles. The van der Waals surface area contributed by atoms with Crippen molar-refractivity contribution in [1.82, 2.24) is 10.6 Å². The molecule has 112 valence electrons. The number of halogens is 1. The Morgan fingerprint density at radius 3 is 2.55 bits per heavy atom. The molecule has 1 aliphatic carbocycles. The number of aryl methyl sites for hydroxylation is 1. The molecule has 0 aromatic carbocycles. The van der Waals surface area contributed by atoms with Gasteiger partial charge in [-0.3, -0.25) is 0 Å². The van der Waals surface area contributed by atoms with E-state index in [0.717, 1.165) is 38.3 Å². The van der Waals surface area contributed by atoms with E-state index >= 15 is 0 Å². The summed E-state index contributed by atoms with van der Waals surface area (Å²) in [4.78, 5) is 7.44. The summed E-state index contributed by atoms with van der Waals surface area (Å²) in [7, 11) is 0. The second kappa shape index (κ2) is 9.39. The second-order valence-electron chi connectivity index (χ2n) is 4.70. The number of hydrogen-bond donors (Lipinski definition) is 2. The molecule has 0 saturated carbocycles. The molecule has 1 heterocycles. The number of thiophene rings is 1. The topological polar surface area (TPSA) is 36.4 Å². The van der Waals surface area contributed by atoms with Crippen LogP contribution < -0.4 is 10.6 Å². The molecule has 1 aromatic rings. The minimum Gasteiger partial charge on any atom is -0.357 e. The maximum atomic E-state index is 4.67. The van der Waals surface area contributed by atoms with Crippen molar-refractivity contribution in [2.24, 2.45) is 4.99 Å². The molecule has 0 spiro atoms. The molecule has 1 aliphatic rings. The number of guanidine groups is 1. The van der Waals surface area contributed by atoms with Gasteiger partial charge in [0.2, 0.25) is 0 Å². The Morgan fingerprint density at radius 1 is 1.25 bits per heavy atom. The van der Waals surface area contributed by atoms with Crippen LogP contribution in [0.25, 0.3) is 0 Å². The van der Waals surface area contributed by atoms with Crippen molar-refractivity contribution in [3.05, 3.63) is 34.0 Å². The van der Waals surface area contributed by atoms with Crippen molar-refractivity contribution in [2.45, 2.75) is 45.7 Å². The monoisotopic (exact) mass is 405 g/mol. The largest absolute Gasteiger partial charge is 0.357 e. The summed E-state index contributed by atoms with van der Waals surface area (Å²) < 4.78 is 0. The van der Waals surface area contributed by atoms with Crippen LogP contribution in [0.1, 0.15) is 36.4 Å². The van der Waals surface area contributed by atoms with Gasteiger partial charge in [-0.25, -0.2) is 4.99 Å². The van der Waals surface area contributed by atoms with Crippen molar-refractivity contribution in [1.29, 1.82) is 0 Å². The Morgan fingerprint density at radius 2 is 1.95 bits per heavy atom. The standard InChI is InChI=1S/C15H23N3S.HI/c1-3-13-9-10-14(19-13)11-17-15(16-4-2)18-12-7-5-6-8-12;/h5-6,9-10,12H,3-4,7-8,11H2,1-2H3,(H2,16,17,18);1H.